The average Bonchev–Trinajstić information content (AvgIpc) is 2.56. The van der Waals surface area contributed by atoms with Crippen LogP contribution in [0.1, 0.15) is 26.3 Å². The molecule has 0 saturated carbocycles. The predicted molar refractivity (Wildman–Crippen MR) is 93.7 cm³/mol. The van der Waals surface area contributed by atoms with Crippen LogP contribution in [0.5, 0.6) is 0 Å². The number of ether oxygens (including phenoxy) is 2. The van der Waals surface area contributed by atoms with Gasteiger partial charge in [0.25, 0.3) is 0 Å². The van der Waals surface area contributed by atoms with Crippen LogP contribution in [0, 0.1) is 17.2 Å². The highest BCUT2D eigenvalue weighted by molar-refractivity contribution is 9.10. The Bertz CT molecular complexity index is 607. The summed E-state index contributed by atoms with van der Waals surface area (Å²) in [6.45, 7) is 7.14. The van der Waals surface area contributed by atoms with Gasteiger partial charge in [0, 0.05) is 25.0 Å². The van der Waals surface area contributed by atoms with Gasteiger partial charge in [0.05, 0.1) is 6.61 Å². The van der Waals surface area contributed by atoms with Crippen molar-refractivity contribution in [2.24, 2.45) is 5.92 Å². The van der Waals surface area contributed by atoms with Crippen molar-refractivity contribution in [3.8, 4) is 6.07 Å². The SMILES string of the molecule is CCOCCOC(=O)/C(C#N)=C(/NCc1ccc(Br)nc1)C(C)C. The van der Waals surface area contributed by atoms with Gasteiger partial charge in [0.15, 0.2) is 5.57 Å². The first kappa shape index (κ1) is 20.1. The van der Waals surface area contributed by atoms with Gasteiger partial charge in [-0.3, -0.25) is 0 Å². The molecule has 0 aliphatic carbocycles. The molecular weight excluding hydrogens is 374 g/mol. The Morgan fingerprint density at radius 1 is 1.42 bits per heavy atom. The molecule has 1 aromatic rings. The topological polar surface area (TPSA) is 84.2 Å². The lowest BCUT2D eigenvalue weighted by Crippen LogP contribution is -2.23. The molecule has 6 nitrogen and oxygen atoms in total. The molecule has 1 aromatic heterocycles. The van der Waals surface area contributed by atoms with E-state index in [2.05, 4.69) is 26.2 Å². The first-order chi connectivity index (χ1) is 11.5. The van der Waals surface area contributed by atoms with Crippen LogP contribution in [-0.2, 0) is 20.8 Å². The number of hydrogen-bond donors (Lipinski definition) is 1. The van der Waals surface area contributed by atoms with Gasteiger partial charge in [-0.25, -0.2) is 9.78 Å². The second kappa shape index (κ2) is 10.8. The number of carbonyl (C=O) groups is 1. The van der Waals surface area contributed by atoms with E-state index in [4.69, 9.17) is 9.47 Å². The van der Waals surface area contributed by atoms with Gasteiger partial charge in [0.1, 0.15) is 17.3 Å². The van der Waals surface area contributed by atoms with Crippen LogP contribution in [0.25, 0.3) is 0 Å². The van der Waals surface area contributed by atoms with Crippen LogP contribution in [0.15, 0.2) is 34.2 Å². The second-order valence-corrected chi connectivity index (χ2v) is 6.04. The van der Waals surface area contributed by atoms with Gasteiger partial charge in [0.2, 0.25) is 0 Å². The van der Waals surface area contributed by atoms with E-state index in [-0.39, 0.29) is 18.1 Å². The molecule has 0 aromatic carbocycles. The molecule has 7 heteroatoms. The summed E-state index contributed by atoms with van der Waals surface area (Å²) in [5.41, 5.74) is 1.49. The summed E-state index contributed by atoms with van der Waals surface area (Å²) in [4.78, 5) is 16.3. The number of aromatic nitrogens is 1. The molecule has 0 saturated heterocycles. The number of carbonyl (C=O) groups excluding carboxylic acids is 1. The van der Waals surface area contributed by atoms with E-state index >= 15 is 0 Å². The van der Waals surface area contributed by atoms with Crippen molar-refractivity contribution in [2.45, 2.75) is 27.3 Å². The minimum absolute atomic E-state index is 0.00781. The summed E-state index contributed by atoms with van der Waals surface area (Å²) < 4.78 is 11.0. The molecule has 0 aliphatic heterocycles. The minimum Gasteiger partial charge on any atom is -0.459 e. The van der Waals surface area contributed by atoms with Crippen molar-refractivity contribution < 1.29 is 14.3 Å². The maximum Gasteiger partial charge on any atom is 0.350 e. The van der Waals surface area contributed by atoms with Gasteiger partial charge >= 0.3 is 5.97 Å². The highest BCUT2D eigenvalue weighted by Gasteiger charge is 2.19. The van der Waals surface area contributed by atoms with Gasteiger partial charge in [-0.05, 0) is 40.4 Å². The zero-order valence-corrected chi connectivity index (χ0v) is 15.7. The van der Waals surface area contributed by atoms with Crippen LogP contribution in [0.4, 0.5) is 0 Å². The molecule has 0 radical (unpaired) electrons. The van der Waals surface area contributed by atoms with E-state index in [1.807, 2.05) is 39.0 Å². The molecule has 0 atom stereocenters. The van der Waals surface area contributed by atoms with E-state index in [9.17, 15) is 10.1 Å². The van der Waals surface area contributed by atoms with E-state index in [0.29, 0.717) is 25.5 Å². The van der Waals surface area contributed by atoms with Crippen molar-refractivity contribution in [2.75, 3.05) is 19.8 Å². The predicted octanol–water partition coefficient (Wildman–Crippen LogP) is 2.95. The molecule has 1 heterocycles. The van der Waals surface area contributed by atoms with Crippen molar-refractivity contribution >= 4 is 21.9 Å². The summed E-state index contributed by atoms with van der Waals surface area (Å²) in [7, 11) is 0. The third-order valence-electron chi connectivity index (χ3n) is 3.10. The number of esters is 1. The maximum atomic E-state index is 12.1. The Morgan fingerprint density at radius 3 is 2.71 bits per heavy atom. The zero-order valence-electron chi connectivity index (χ0n) is 14.1. The third kappa shape index (κ3) is 6.69. The van der Waals surface area contributed by atoms with E-state index in [1.54, 1.807) is 6.20 Å². The Morgan fingerprint density at radius 2 is 2.17 bits per heavy atom. The normalized spacial score (nSPS) is 11.7. The maximum absolute atomic E-state index is 12.1. The van der Waals surface area contributed by atoms with Crippen molar-refractivity contribution in [3.63, 3.8) is 0 Å². The van der Waals surface area contributed by atoms with Gasteiger partial charge in [-0.15, -0.1) is 0 Å². The van der Waals surface area contributed by atoms with Crippen LogP contribution < -0.4 is 5.32 Å². The summed E-state index contributed by atoms with van der Waals surface area (Å²) in [5.74, 6) is -0.662. The molecule has 1 N–H and O–H groups in total. The molecule has 0 aliphatic rings. The number of pyridine rings is 1. The van der Waals surface area contributed by atoms with Crippen LogP contribution >= 0.6 is 15.9 Å². The van der Waals surface area contributed by atoms with Crippen LogP contribution in [0.2, 0.25) is 0 Å². The molecule has 0 unspecified atom stereocenters. The molecule has 130 valence electrons. The Hall–Kier alpha value is -1.91. The lowest BCUT2D eigenvalue weighted by molar-refractivity contribution is -0.140. The third-order valence-corrected chi connectivity index (χ3v) is 3.57. The highest BCUT2D eigenvalue weighted by Crippen LogP contribution is 2.15. The van der Waals surface area contributed by atoms with E-state index < -0.39 is 5.97 Å². The second-order valence-electron chi connectivity index (χ2n) is 5.23. The molecule has 1 rings (SSSR count). The number of nitriles is 1. The Kier molecular flexibility index (Phi) is 9.05. The summed E-state index contributed by atoms with van der Waals surface area (Å²) in [5, 5.41) is 12.5. The number of hydrogen-bond acceptors (Lipinski definition) is 6. The van der Waals surface area contributed by atoms with Crippen molar-refractivity contribution in [1.29, 1.82) is 5.26 Å². The van der Waals surface area contributed by atoms with E-state index in [0.717, 1.165) is 10.2 Å². The largest absolute Gasteiger partial charge is 0.459 e. The fourth-order valence-electron chi connectivity index (χ4n) is 1.92. The quantitative estimate of drug-likeness (QED) is 0.227. The summed E-state index contributed by atoms with van der Waals surface area (Å²) >= 11 is 3.28. The minimum atomic E-state index is -0.637. The fourth-order valence-corrected chi connectivity index (χ4v) is 2.15. The Labute approximate surface area is 151 Å². The highest BCUT2D eigenvalue weighted by atomic mass is 79.9. The molecule has 0 bridgehead atoms. The number of nitrogens with one attached hydrogen (secondary N) is 1. The van der Waals surface area contributed by atoms with Gasteiger partial charge in [-0.2, -0.15) is 5.26 Å². The van der Waals surface area contributed by atoms with E-state index in [1.165, 1.54) is 0 Å². The summed E-state index contributed by atoms with van der Waals surface area (Å²) in [6, 6.07) is 5.70. The average molecular weight is 396 g/mol. The molecule has 24 heavy (non-hydrogen) atoms. The first-order valence-corrected chi connectivity index (χ1v) is 8.52. The van der Waals surface area contributed by atoms with Crippen LogP contribution in [0.3, 0.4) is 0 Å². The standard InChI is InChI=1S/C17H22BrN3O3/c1-4-23-7-8-24-17(22)14(9-19)16(12(2)3)21-11-13-5-6-15(18)20-10-13/h5-6,10,12,21H,4,7-8,11H2,1-3H3/b16-14+. The zero-order chi connectivity index (χ0) is 17.9. The van der Waals surface area contributed by atoms with Gasteiger partial charge < -0.3 is 14.8 Å². The number of nitrogens with zero attached hydrogens (tertiary/aromatic N) is 2. The van der Waals surface area contributed by atoms with Gasteiger partial charge in [-0.1, -0.05) is 19.9 Å². The number of allylic oxidation sites excluding steroid dienone is 1. The number of rotatable bonds is 9. The molecular formula is C17H22BrN3O3. The fraction of sp³-hybridized carbons (Fsp3) is 0.471. The van der Waals surface area contributed by atoms with Crippen molar-refractivity contribution in [3.05, 3.63) is 39.8 Å². The number of halogens is 1. The Balaban J connectivity index is 2.80. The summed E-state index contributed by atoms with van der Waals surface area (Å²) in [6.07, 6.45) is 1.72. The first-order valence-electron chi connectivity index (χ1n) is 7.73. The lowest BCUT2D eigenvalue weighted by Gasteiger charge is -2.16. The van der Waals surface area contributed by atoms with Crippen molar-refractivity contribution in [1.82, 2.24) is 10.3 Å². The molecule has 0 fully saturated rings. The monoisotopic (exact) mass is 395 g/mol. The molecule has 0 amide bonds. The smallest absolute Gasteiger partial charge is 0.350 e. The van der Waals surface area contributed by atoms with Crippen LogP contribution in [-0.4, -0.2) is 30.8 Å². The molecule has 0 spiro atoms. The lowest BCUT2D eigenvalue weighted by atomic mass is 10.0.